The smallest absolute Gasteiger partial charge is 0.261 e. The fraction of sp³-hybridized carbons (Fsp3) is 0.231. The van der Waals surface area contributed by atoms with Crippen LogP contribution in [0.15, 0.2) is 65.3 Å². The van der Waals surface area contributed by atoms with Crippen LogP contribution in [-0.4, -0.2) is 53.7 Å². The van der Waals surface area contributed by atoms with Crippen molar-refractivity contribution < 1.29 is 18.8 Å². The number of benzene rings is 2. The van der Waals surface area contributed by atoms with Crippen LogP contribution in [0, 0.1) is 11.3 Å². The predicted molar refractivity (Wildman–Crippen MR) is 123 cm³/mol. The van der Waals surface area contributed by atoms with E-state index in [0.29, 0.717) is 42.1 Å². The highest BCUT2D eigenvalue weighted by molar-refractivity contribution is 6.22. The van der Waals surface area contributed by atoms with Crippen molar-refractivity contribution in [2.24, 2.45) is 0 Å². The molecule has 3 aromatic rings. The molecule has 0 bridgehead atoms. The normalized spacial score (nSPS) is 15.8. The van der Waals surface area contributed by atoms with Gasteiger partial charge in [-0.05, 0) is 61.0 Å². The minimum Gasteiger partial charge on any atom is -0.467 e. The summed E-state index contributed by atoms with van der Waals surface area (Å²) in [6, 6.07) is 17.7. The Balaban J connectivity index is 1.29. The van der Waals surface area contributed by atoms with Crippen molar-refractivity contribution >= 4 is 23.4 Å². The van der Waals surface area contributed by atoms with Crippen LogP contribution in [-0.2, 0) is 6.54 Å². The number of imide groups is 1. The van der Waals surface area contributed by atoms with Crippen molar-refractivity contribution in [1.29, 1.82) is 5.26 Å². The topological polar surface area (TPSA) is 97.9 Å². The number of nitrogens with zero attached hydrogens (tertiary/aromatic N) is 4. The van der Waals surface area contributed by atoms with Gasteiger partial charge in [-0.2, -0.15) is 5.26 Å². The average Bonchev–Trinajstić information content (AvgIpc) is 3.37. The summed E-state index contributed by atoms with van der Waals surface area (Å²) < 4.78 is 5.27. The van der Waals surface area contributed by atoms with Gasteiger partial charge in [0.2, 0.25) is 0 Å². The zero-order valence-corrected chi connectivity index (χ0v) is 18.4. The highest BCUT2D eigenvalue weighted by Crippen LogP contribution is 2.27. The summed E-state index contributed by atoms with van der Waals surface area (Å²) in [5.74, 6) is -0.450. The summed E-state index contributed by atoms with van der Waals surface area (Å²) in [6.45, 7) is 2.65. The molecule has 2 aliphatic heterocycles. The third kappa shape index (κ3) is 3.92. The summed E-state index contributed by atoms with van der Waals surface area (Å²) in [7, 11) is 0. The number of hydrogen-bond donors (Lipinski definition) is 0. The van der Waals surface area contributed by atoms with Crippen LogP contribution >= 0.6 is 0 Å². The summed E-state index contributed by atoms with van der Waals surface area (Å²) in [5, 5.41) is 8.99. The maximum Gasteiger partial charge on any atom is 0.261 e. The molecule has 34 heavy (non-hydrogen) atoms. The molecule has 0 unspecified atom stereocenters. The van der Waals surface area contributed by atoms with Crippen molar-refractivity contribution in [1.82, 2.24) is 9.80 Å². The predicted octanol–water partition coefficient (Wildman–Crippen LogP) is 3.30. The van der Waals surface area contributed by atoms with Gasteiger partial charge in [-0.25, -0.2) is 0 Å². The van der Waals surface area contributed by atoms with E-state index in [0.717, 1.165) is 23.6 Å². The maximum atomic E-state index is 13.3. The Morgan fingerprint density at radius 2 is 1.74 bits per heavy atom. The molecule has 0 atom stereocenters. The lowest BCUT2D eigenvalue weighted by molar-refractivity contribution is 0.0631. The lowest BCUT2D eigenvalue weighted by Gasteiger charge is -2.24. The molecule has 5 rings (SSSR count). The zero-order chi connectivity index (χ0) is 23.7. The van der Waals surface area contributed by atoms with E-state index in [1.54, 1.807) is 41.3 Å². The summed E-state index contributed by atoms with van der Waals surface area (Å²) >= 11 is 0. The molecule has 3 heterocycles. The van der Waals surface area contributed by atoms with E-state index < -0.39 is 5.91 Å². The Labute approximate surface area is 196 Å². The maximum absolute atomic E-state index is 13.3. The van der Waals surface area contributed by atoms with E-state index in [4.69, 9.17) is 9.68 Å². The number of nitriles is 1. The molecule has 0 radical (unpaired) electrons. The standard InChI is InChI=1S/C26H22N4O4/c27-16-18-4-7-20(8-5-18)28-10-2-11-29(13-12-28)24(31)19-6-9-22-23(15-19)26(33)30(25(22)32)17-21-3-1-14-34-21/h1,3-9,14-15H,2,10-13,17H2. The highest BCUT2D eigenvalue weighted by Gasteiger charge is 2.36. The number of rotatable bonds is 4. The molecule has 2 aliphatic rings. The second-order valence-electron chi connectivity index (χ2n) is 8.33. The van der Waals surface area contributed by atoms with Gasteiger partial charge in [0.15, 0.2) is 0 Å². The Morgan fingerprint density at radius 3 is 2.47 bits per heavy atom. The zero-order valence-electron chi connectivity index (χ0n) is 18.4. The second kappa shape index (κ2) is 8.87. The fourth-order valence-corrected chi connectivity index (χ4v) is 4.43. The van der Waals surface area contributed by atoms with E-state index >= 15 is 0 Å². The molecule has 0 aliphatic carbocycles. The van der Waals surface area contributed by atoms with E-state index in [9.17, 15) is 14.4 Å². The van der Waals surface area contributed by atoms with E-state index in [-0.39, 0.29) is 23.9 Å². The molecule has 2 aromatic carbocycles. The summed E-state index contributed by atoms with van der Waals surface area (Å²) in [5.41, 5.74) is 2.58. The van der Waals surface area contributed by atoms with Crippen LogP contribution in [0.2, 0.25) is 0 Å². The van der Waals surface area contributed by atoms with Crippen LogP contribution in [0.1, 0.15) is 48.8 Å². The first-order valence-electron chi connectivity index (χ1n) is 11.1. The van der Waals surface area contributed by atoms with Crippen molar-refractivity contribution in [3.8, 4) is 6.07 Å². The summed E-state index contributed by atoms with van der Waals surface area (Å²) in [4.78, 5) is 44.0. The number of anilines is 1. The molecule has 8 nitrogen and oxygen atoms in total. The van der Waals surface area contributed by atoms with Gasteiger partial charge in [0, 0.05) is 37.4 Å². The minimum atomic E-state index is -0.422. The molecule has 170 valence electrons. The quantitative estimate of drug-likeness (QED) is 0.561. The number of furan rings is 1. The highest BCUT2D eigenvalue weighted by atomic mass is 16.3. The molecular weight excluding hydrogens is 432 g/mol. The SMILES string of the molecule is N#Cc1ccc(N2CCCN(C(=O)c3ccc4c(c3)C(=O)N(Cc3ccco3)C4=O)CC2)cc1. The van der Waals surface area contributed by atoms with E-state index in [1.165, 1.54) is 12.3 Å². The molecule has 0 spiro atoms. The molecule has 0 N–H and O–H groups in total. The lowest BCUT2D eigenvalue weighted by Crippen LogP contribution is -2.35. The van der Waals surface area contributed by atoms with Gasteiger partial charge in [-0.3, -0.25) is 19.3 Å². The average molecular weight is 454 g/mol. The number of fused-ring (bicyclic) bond motifs is 1. The monoisotopic (exact) mass is 454 g/mol. The lowest BCUT2D eigenvalue weighted by atomic mass is 10.0. The molecule has 3 amide bonds. The molecule has 0 saturated carbocycles. The van der Waals surface area contributed by atoms with Gasteiger partial charge in [-0.15, -0.1) is 0 Å². The van der Waals surface area contributed by atoms with Crippen LogP contribution < -0.4 is 4.90 Å². The van der Waals surface area contributed by atoms with Crippen LogP contribution in [0.25, 0.3) is 0 Å². The van der Waals surface area contributed by atoms with Gasteiger partial charge in [-0.1, -0.05) is 0 Å². The summed E-state index contributed by atoms with van der Waals surface area (Å²) in [6.07, 6.45) is 2.29. The Hall–Kier alpha value is -4.38. The van der Waals surface area contributed by atoms with Crippen LogP contribution in [0.3, 0.4) is 0 Å². The number of carbonyl (C=O) groups is 3. The van der Waals surface area contributed by atoms with Gasteiger partial charge in [0.1, 0.15) is 5.76 Å². The molecule has 1 saturated heterocycles. The Morgan fingerprint density at radius 1 is 0.941 bits per heavy atom. The molecular formula is C26H22N4O4. The first-order valence-corrected chi connectivity index (χ1v) is 11.1. The van der Waals surface area contributed by atoms with Crippen molar-refractivity contribution in [2.45, 2.75) is 13.0 Å². The Bertz CT molecular complexity index is 1290. The van der Waals surface area contributed by atoms with Gasteiger partial charge in [0.25, 0.3) is 17.7 Å². The molecule has 1 fully saturated rings. The van der Waals surface area contributed by atoms with Crippen molar-refractivity contribution in [3.05, 3.63) is 88.9 Å². The Kier molecular flexibility index (Phi) is 5.60. The van der Waals surface area contributed by atoms with Gasteiger partial charge >= 0.3 is 0 Å². The van der Waals surface area contributed by atoms with Gasteiger partial charge in [0.05, 0.1) is 35.6 Å². The first kappa shape index (κ1) is 21.5. The van der Waals surface area contributed by atoms with E-state index in [1.807, 2.05) is 12.1 Å². The number of carbonyl (C=O) groups excluding carboxylic acids is 3. The minimum absolute atomic E-state index is 0.0555. The number of amides is 3. The number of hydrogen-bond acceptors (Lipinski definition) is 6. The van der Waals surface area contributed by atoms with Crippen LogP contribution in [0.4, 0.5) is 5.69 Å². The van der Waals surface area contributed by atoms with Crippen molar-refractivity contribution in [3.63, 3.8) is 0 Å². The first-order chi connectivity index (χ1) is 16.5. The van der Waals surface area contributed by atoms with Gasteiger partial charge < -0.3 is 14.2 Å². The second-order valence-corrected chi connectivity index (χ2v) is 8.33. The van der Waals surface area contributed by atoms with Crippen molar-refractivity contribution in [2.75, 3.05) is 31.1 Å². The third-order valence-corrected chi connectivity index (χ3v) is 6.26. The van der Waals surface area contributed by atoms with E-state index in [2.05, 4.69) is 11.0 Å². The largest absolute Gasteiger partial charge is 0.467 e. The molecule has 1 aromatic heterocycles. The van der Waals surface area contributed by atoms with Crippen LogP contribution in [0.5, 0.6) is 0 Å². The molecule has 8 heteroatoms. The fourth-order valence-electron chi connectivity index (χ4n) is 4.43. The third-order valence-electron chi connectivity index (χ3n) is 6.26.